The quantitative estimate of drug-likeness (QED) is 0.578. The zero-order valence-electron chi connectivity index (χ0n) is 16.6. The van der Waals surface area contributed by atoms with Crippen molar-refractivity contribution >= 4 is 17.3 Å². The van der Waals surface area contributed by atoms with Gasteiger partial charge in [0.15, 0.2) is 5.11 Å². The normalized spacial score (nSPS) is 26.7. The molecule has 0 spiro atoms. The van der Waals surface area contributed by atoms with E-state index in [0.717, 1.165) is 56.0 Å². The van der Waals surface area contributed by atoms with Crippen molar-refractivity contribution in [3.05, 3.63) is 47.8 Å². The van der Waals surface area contributed by atoms with E-state index in [1.54, 1.807) is 6.20 Å². The molecule has 1 saturated heterocycles. The fraction of sp³-hybridized carbons (Fsp3) is 0.476. The summed E-state index contributed by atoms with van der Waals surface area (Å²) in [5.74, 6) is 0.823. The molecule has 0 amide bonds. The van der Waals surface area contributed by atoms with Crippen LogP contribution in [0.1, 0.15) is 25.5 Å². The van der Waals surface area contributed by atoms with Gasteiger partial charge in [-0.1, -0.05) is 12.2 Å². The van der Waals surface area contributed by atoms with E-state index in [2.05, 4.69) is 44.7 Å². The highest BCUT2D eigenvalue weighted by Crippen LogP contribution is 2.34. The summed E-state index contributed by atoms with van der Waals surface area (Å²) in [7, 11) is 0. The fourth-order valence-electron chi connectivity index (χ4n) is 4.02. The molecule has 2 aliphatic heterocycles. The molecule has 2 unspecified atom stereocenters. The van der Waals surface area contributed by atoms with Gasteiger partial charge in [0, 0.05) is 50.4 Å². The number of nitrogens with zero attached hydrogens (tertiary/aromatic N) is 4. The first-order valence-electron chi connectivity index (χ1n) is 10.0. The maximum absolute atomic E-state index is 8.97. The van der Waals surface area contributed by atoms with Crippen molar-refractivity contribution in [1.29, 1.82) is 5.26 Å². The molecule has 7 nitrogen and oxygen atoms in total. The molecular weight excluding hydrogens is 384 g/mol. The standard InChI is InChI=1S/C21H26N6OS/c1-21(8-14-28-18-3-2-9-23-19(18)21)25-24-20(29)27-12-10-26(11-13-27)17-6-4-16(15-22)5-7-17/h2-6,9,17,25H,7-8,10-14H2,1H3,(H,24,29). The lowest BCUT2D eigenvalue weighted by Crippen LogP contribution is -2.59. The Balaban J connectivity index is 1.29. The molecule has 1 aromatic heterocycles. The Morgan fingerprint density at radius 3 is 2.93 bits per heavy atom. The minimum atomic E-state index is -0.335. The lowest BCUT2D eigenvalue weighted by molar-refractivity contribution is 0.148. The van der Waals surface area contributed by atoms with Crippen LogP contribution in [0.5, 0.6) is 5.75 Å². The second-order valence-corrected chi connectivity index (χ2v) is 8.18. The topological polar surface area (TPSA) is 76.5 Å². The molecule has 0 aromatic carbocycles. The highest BCUT2D eigenvalue weighted by atomic mass is 32.1. The van der Waals surface area contributed by atoms with Crippen LogP contribution in [0.15, 0.2) is 42.1 Å². The van der Waals surface area contributed by atoms with Crippen molar-refractivity contribution in [2.24, 2.45) is 0 Å². The number of ether oxygens (including phenoxy) is 1. The molecule has 4 rings (SSSR count). The Labute approximate surface area is 177 Å². The zero-order valence-corrected chi connectivity index (χ0v) is 17.4. The first-order chi connectivity index (χ1) is 14.1. The van der Waals surface area contributed by atoms with Gasteiger partial charge in [-0.2, -0.15) is 5.26 Å². The van der Waals surface area contributed by atoms with E-state index in [1.807, 2.05) is 24.3 Å². The van der Waals surface area contributed by atoms with E-state index in [0.29, 0.717) is 17.8 Å². The number of nitrogens with one attached hydrogen (secondary N) is 2. The monoisotopic (exact) mass is 410 g/mol. The van der Waals surface area contributed by atoms with Gasteiger partial charge in [0.25, 0.3) is 0 Å². The van der Waals surface area contributed by atoms with Gasteiger partial charge in [-0.05, 0) is 43.8 Å². The van der Waals surface area contributed by atoms with Crippen molar-refractivity contribution in [2.45, 2.75) is 31.3 Å². The predicted molar refractivity (Wildman–Crippen MR) is 115 cm³/mol. The average molecular weight is 411 g/mol. The van der Waals surface area contributed by atoms with E-state index in [9.17, 15) is 0 Å². The third kappa shape index (κ3) is 4.27. The number of piperazine rings is 1. The molecule has 3 aliphatic rings. The van der Waals surface area contributed by atoms with Crippen molar-refractivity contribution < 1.29 is 4.74 Å². The summed E-state index contributed by atoms with van der Waals surface area (Å²) in [6.07, 6.45) is 9.59. The Morgan fingerprint density at radius 2 is 2.21 bits per heavy atom. The minimum Gasteiger partial charge on any atom is -0.492 e. The lowest BCUT2D eigenvalue weighted by Gasteiger charge is -2.41. The second-order valence-electron chi connectivity index (χ2n) is 7.79. The first-order valence-corrected chi connectivity index (χ1v) is 10.4. The number of rotatable bonds is 3. The van der Waals surface area contributed by atoms with Crippen LogP contribution in [0.4, 0.5) is 0 Å². The molecule has 152 valence electrons. The van der Waals surface area contributed by atoms with Gasteiger partial charge < -0.3 is 9.64 Å². The summed E-state index contributed by atoms with van der Waals surface area (Å²) >= 11 is 5.64. The van der Waals surface area contributed by atoms with Crippen molar-refractivity contribution in [2.75, 3.05) is 32.8 Å². The van der Waals surface area contributed by atoms with E-state index in [4.69, 9.17) is 22.2 Å². The summed E-state index contributed by atoms with van der Waals surface area (Å²) in [5, 5.41) is 9.68. The number of aromatic nitrogens is 1. The summed E-state index contributed by atoms with van der Waals surface area (Å²) in [6, 6.07) is 6.42. The lowest BCUT2D eigenvalue weighted by atomic mass is 9.91. The molecule has 0 bridgehead atoms. The SMILES string of the molecule is CC1(NNC(=S)N2CCN(C3C=CC(C#N)=CC3)CC2)CCOc2cccnc21. The molecule has 1 fully saturated rings. The maximum Gasteiger partial charge on any atom is 0.183 e. The molecule has 3 heterocycles. The molecule has 2 atom stereocenters. The number of hydrazine groups is 1. The Kier molecular flexibility index (Phi) is 5.81. The highest BCUT2D eigenvalue weighted by Gasteiger charge is 2.35. The van der Waals surface area contributed by atoms with E-state index < -0.39 is 0 Å². The predicted octanol–water partition coefficient (Wildman–Crippen LogP) is 1.85. The molecule has 29 heavy (non-hydrogen) atoms. The van der Waals surface area contributed by atoms with Crippen molar-refractivity contribution in [3.8, 4) is 11.8 Å². The van der Waals surface area contributed by atoms with Crippen LogP contribution in [0, 0.1) is 11.3 Å². The van der Waals surface area contributed by atoms with Crippen LogP contribution in [-0.4, -0.2) is 58.7 Å². The van der Waals surface area contributed by atoms with Crippen LogP contribution < -0.4 is 15.6 Å². The third-order valence-electron chi connectivity index (χ3n) is 5.88. The molecule has 0 saturated carbocycles. The molecule has 0 radical (unpaired) electrons. The average Bonchev–Trinajstić information content (AvgIpc) is 2.78. The van der Waals surface area contributed by atoms with Gasteiger partial charge in [0.1, 0.15) is 11.4 Å². The fourth-order valence-corrected chi connectivity index (χ4v) is 4.25. The van der Waals surface area contributed by atoms with Crippen LogP contribution in [-0.2, 0) is 5.54 Å². The third-order valence-corrected chi connectivity index (χ3v) is 6.24. The number of thiocarbonyl (C=S) groups is 1. The van der Waals surface area contributed by atoms with Gasteiger partial charge in [-0.15, -0.1) is 0 Å². The van der Waals surface area contributed by atoms with Gasteiger partial charge >= 0.3 is 0 Å². The van der Waals surface area contributed by atoms with Crippen LogP contribution in [0.2, 0.25) is 0 Å². The van der Waals surface area contributed by atoms with Crippen LogP contribution in [0.25, 0.3) is 0 Å². The Hall–Kier alpha value is -2.47. The van der Waals surface area contributed by atoms with Gasteiger partial charge in [0.05, 0.1) is 18.2 Å². The maximum atomic E-state index is 8.97. The molecule has 8 heteroatoms. The molecule has 1 aliphatic carbocycles. The second kappa shape index (κ2) is 8.49. The van der Waals surface area contributed by atoms with Gasteiger partial charge in [-0.3, -0.25) is 15.3 Å². The number of hydrogen-bond acceptors (Lipinski definition) is 6. The summed E-state index contributed by atoms with van der Waals surface area (Å²) in [6.45, 7) is 6.41. The number of hydrogen-bond donors (Lipinski definition) is 2. The van der Waals surface area contributed by atoms with Gasteiger partial charge in [0.2, 0.25) is 0 Å². The number of nitriles is 1. The smallest absolute Gasteiger partial charge is 0.183 e. The summed E-state index contributed by atoms with van der Waals surface area (Å²) < 4.78 is 5.72. The van der Waals surface area contributed by atoms with E-state index >= 15 is 0 Å². The van der Waals surface area contributed by atoms with Crippen LogP contribution in [0.3, 0.4) is 0 Å². The van der Waals surface area contributed by atoms with E-state index in [-0.39, 0.29) is 5.54 Å². The Morgan fingerprint density at radius 1 is 1.38 bits per heavy atom. The first kappa shape index (κ1) is 19.8. The number of fused-ring (bicyclic) bond motifs is 1. The summed E-state index contributed by atoms with van der Waals surface area (Å²) in [4.78, 5) is 9.16. The minimum absolute atomic E-state index is 0.335. The van der Waals surface area contributed by atoms with Gasteiger partial charge in [-0.25, -0.2) is 5.43 Å². The largest absolute Gasteiger partial charge is 0.492 e. The van der Waals surface area contributed by atoms with Crippen molar-refractivity contribution in [3.63, 3.8) is 0 Å². The van der Waals surface area contributed by atoms with E-state index in [1.165, 1.54) is 0 Å². The zero-order chi connectivity index (χ0) is 20.3. The summed E-state index contributed by atoms with van der Waals surface area (Å²) in [5.41, 5.74) is 7.97. The molecular formula is C21H26N6OS. The van der Waals surface area contributed by atoms with Crippen molar-refractivity contribution in [1.82, 2.24) is 25.6 Å². The molecule has 1 aromatic rings. The molecule has 2 N–H and O–H groups in total. The Bertz CT molecular complexity index is 870. The number of allylic oxidation sites excluding steroid dienone is 2. The number of pyridine rings is 1. The highest BCUT2D eigenvalue weighted by molar-refractivity contribution is 7.80. The van der Waals surface area contributed by atoms with Crippen LogP contribution >= 0.6 is 12.2 Å².